The van der Waals surface area contributed by atoms with Crippen molar-refractivity contribution in [1.29, 1.82) is 0 Å². The van der Waals surface area contributed by atoms with Crippen LogP contribution in [-0.2, 0) is 5.41 Å². The van der Waals surface area contributed by atoms with E-state index in [1.807, 2.05) is 43.8 Å². The summed E-state index contributed by atoms with van der Waals surface area (Å²) >= 11 is 1.83. The van der Waals surface area contributed by atoms with Gasteiger partial charge in [-0.15, -0.1) is 0 Å². The molecule has 1 aliphatic carbocycles. The van der Waals surface area contributed by atoms with E-state index in [0.29, 0.717) is 11.4 Å². The van der Waals surface area contributed by atoms with Crippen molar-refractivity contribution in [2.75, 3.05) is 0 Å². The van der Waals surface area contributed by atoms with Crippen molar-refractivity contribution < 1.29 is 0 Å². The third-order valence-electron chi connectivity index (χ3n) is 9.38. The van der Waals surface area contributed by atoms with Crippen molar-refractivity contribution in [2.45, 2.75) is 29.1 Å². The van der Waals surface area contributed by atoms with Gasteiger partial charge in [0.05, 0.1) is 5.41 Å². The highest BCUT2D eigenvalue weighted by Crippen LogP contribution is 2.62. The maximum atomic E-state index is 6.80. The number of aryl methyl sites for hydroxylation is 2. The van der Waals surface area contributed by atoms with Gasteiger partial charge in [0.1, 0.15) is 0 Å². The molecule has 4 N–H and O–H groups in total. The van der Waals surface area contributed by atoms with Gasteiger partial charge in [0.2, 0.25) is 0 Å². The Hall–Kier alpha value is -5.32. The van der Waals surface area contributed by atoms with Gasteiger partial charge in [0, 0.05) is 38.1 Å². The topological polar surface area (TPSA) is 64.9 Å². The van der Waals surface area contributed by atoms with E-state index in [9.17, 15) is 0 Å². The molecule has 46 heavy (non-hydrogen) atoms. The van der Waals surface area contributed by atoms with Crippen molar-refractivity contribution in [2.24, 2.45) is 11.5 Å². The maximum Gasteiger partial charge on any atom is 0.0735 e. The van der Waals surface area contributed by atoms with Gasteiger partial charge in [-0.05, 0) is 100 Å². The van der Waals surface area contributed by atoms with E-state index in [1.165, 1.54) is 43.2 Å². The fraction of sp³-hybridized carbons (Fsp3) is 0.0714. The van der Waals surface area contributed by atoms with Crippen molar-refractivity contribution in [3.63, 3.8) is 0 Å². The number of fused-ring (bicyclic) bond motifs is 9. The molecule has 1 aliphatic heterocycles. The Labute approximate surface area is 274 Å². The summed E-state index contributed by atoms with van der Waals surface area (Å²) < 4.78 is 0. The summed E-state index contributed by atoms with van der Waals surface area (Å²) in [6, 6.07) is 45.6. The first-order valence-corrected chi connectivity index (χ1v) is 16.4. The summed E-state index contributed by atoms with van der Waals surface area (Å²) in [4.78, 5) is 7.14. The molecular weight excluding hydrogens is 579 g/mol. The van der Waals surface area contributed by atoms with Gasteiger partial charge in [-0.3, -0.25) is 4.98 Å². The molecule has 0 saturated carbocycles. The van der Waals surface area contributed by atoms with Crippen LogP contribution in [-0.4, -0.2) is 4.98 Å². The molecule has 5 aromatic carbocycles. The molecule has 2 aliphatic rings. The van der Waals surface area contributed by atoms with Gasteiger partial charge < -0.3 is 11.5 Å². The quantitative estimate of drug-likeness (QED) is 0.195. The number of benzene rings is 5. The highest BCUT2D eigenvalue weighted by molar-refractivity contribution is 7.99. The standard InChI is InChI=1S/C42H33N3S/c1-26-15-21-31(27(2)45-26)28-16-18-29(19-17-28)38(43)22-23-39(44)30-20-24-41-37(25-30)42(36-13-7-8-14-40(36)46-41)34-11-5-3-9-32(34)33-10-4-6-12-35(33)42/h3-25H,43-44H2,1-2H3/b38-22-,39-23-. The smallest absolute Gasteiger partial charge is 0.0735 e. The van der Waals surface area contributed by atoms with Crippen LogP contribution in [0.5, 0.6) is 0 Å². The van der Waals surface area contributed by atoms with Gasteiger partial charge in [0.15, 0.2) is 0 Å². The minimum atomic E-state index is -0.428. The largest absolute Gasteiger partial charge is 0.398 e. The molecule has 0 atom stereocenters. The minimum Gasteiger partial charge on any atom is -0.398 e. The Bertz CT molecular complexity index is 2180. The lowest BCUT2D eigenvalue weighted by molar-refractivity contribution is 0.722. The second-order valence-corrected chi connectivity index (χ2v) is 13.1. The maximum absolute atomic E-state index is 6.80. The summed E-state index contributed by atoms with van der Waals surface area (Å²) in [7, 11) is 0. The first-order valence-electron chi connectivity index (χ1n) is 15.5. The van der Waals surface area contributed by atoms with E-state index >= 15 is 0 Å². The van der Waals surface area contributed by atoms with Gasteiger partial charge in [-0.2, -0.15) is 0 Å². The third-order valence-corrected chi connectivity index (χ3v) is 10.5. The van der Waals surface area contributed by atoms with Crippen LogP contribution in [0.15, 0.2) is 149 Å². The average molecular weight is 612 g/mol. The van der Waals surface area contributed by atoms with Crippen LogP contribution in [0.25, 0.3) is 33.6 Å². The molecule has 0 radical (unpaired) electrons. The van der Waals surface area contributed by atoms with Crippen LogP contribution in [0.1, 0.15) is 44.8 Å². The van der Waals surface area contributed by atoms with Gasteiger partial charge in [0.25, 0.3) is 0 Å². The lowest BCUT2D eigenvalue weighted by Gasteiger charge is -2.40. The minimum absolute atomic E-state index is 0.428. The fourth-order valence-corrected chi connectivity index (χ4v) is 8.41. The van der Waals surface area contributed by atoms with Crippen molar-refractivity contribution in [3.8, 4) is 22.3 Å². The second kappa shape index (κ2) is 10.9. The molecule has 1 aromatic heterocycles. The first-order chi connectivity index (χ1) is 22.4. The van der Waals surface area contributed by atoms with E-state index < -0.39 is 5.41 Å². The summed E-state index contributed by atoms with van der Waals surface area (Å²) in [5.74, 6) is 0. The van der Waals surface area contributed by atoms with Crippen molar-refractivity contribution >= 4 is 23.2 Å². The molecule has 0 fully saturated rings. The Morgan fingerprint density at radius 3 is 1.80 bits per heavy atom. The second-order valence-electron chi connectivity index (χ2n) is 12.1. The zero-order valence-corrected chi connectivity index (χ0v) is 26.6. The summed E-state index contributed by atoms with van der Waals surface area (Å²) in [5, 5.41) is 0. The van der Waals surface area contributed by atoms with Crippen molar-refractivity contribution in [1.82, 2.24) is 4.98 Å². The predicted molar refractivity (Wildman–Crippen MR) is 191 cm³/mol. The van der Waals surface area contributed by atoms with Crippen LogP contribution in [0.4, 0.5) is 0 Å². The molecule has 4 heteroatoms. The summed E-state index contributed by atoms with van der Waals surface area (Å²) in [5.41, 5.74) is 28.3. The highest BCUT2D eigenvalue weighted by atomic mass is 32.2. The Morgan fingerprint density at radius 2 is 1.13 bits per heavy atom. The third kappa shape index (κ3) is 4.33. The average Bonchev–Trinajstić information content (AvgIpc) is 3.38. The zero-order valence-electron chi connectivity index (χ0n) is 25.8. The number of nitrogens with two attached hydrogens (primary N) is 2. The first kappa shape index (κ1) is 28.2. The highest BCUT2D eigenvalue weighted by Gasteiger charge is 2.50. The van der Waals surface area contributed by atoms with Crippen LogP contribution < -0.4 is 11.5 Å². The van der Waals surface area contributed by atoms with E-state index in [2.05, 4.69) is 126 Å². The van der Waals surface area contributed by atoms with Crippen LogP contribution in [0.2, 0.25) is 0 Å². The molecule has 0 bridgehead atoms. The molecule has 2 heterocycles. The van der Waals surface area contributed by atoms with Crippen LogP contribution in [0.3, 0.4) is 0 Å². The van der Waals surface area contributed by atoms with Gasteiger partial charge in [-0.1, -0.05) is 115 Å². The molecule has 0 unspecified atom stereocenters. The number of aromatic nitrogens is 1. The van der Waals surface area contributed by atoms with E-state index in [-0.39, 0.29) is 0 Å². The summed E-state index contributed by atoms with van der Waals surface area (Å²) in [6.45, 7) is 4.06. The lowest BCUT2D eigenvalue weighted by atomic mass is 9.67. The number of pyridine rings is 1. The van der Waals surface area contributed by atoms with Crippen LogP contribution >= 0.6 is 11.8 Å². The molecule has 0 amide bonds. The van der Waals surface area contributed by atoms with Gasteiger partial charge in [-0.25, -0.2) is 0 Å². The number of allylic oxidation sites excluding steroid dienone is 2. The molecular formula is C42H33N3S. The normalized spacial score (nSPS) is 14.4. The lowest BCUT2D eigenvalue weighted by Crippen LogP contribution is -2.32. The number of hydrogen-bond acceptors (Lipinski definition) is 4. The van der Waals surface area contributed by atoms with E-state index in [0.717, 1.165) is 33.6 Å². The number of nitrogens with zero attached hydrogens (tertiary/aromatic N) is 1. The van der Waals surface area contributed by atoms with Crippen LogP contribution in [0, 0.1) is 13.8 Å². The molecule has 1 spiro atoms. The zero-order chi connectivity index (χ0) is 31.4. The molecule has 3 nitrogen and oxygen atoms in total. The molecule has 6 aromatic rings. The Balaban J connectivity index is 1.19. The van der Waals surface area contributed by atoms with Gasteiger partial charge >= 0.3 is 0 Å². The molecule has 8 rings (SSSR count). The fourth-order valence-electron chi connectivity index (χ4n) is 7.24. The van der Waals surface area contributed by atoms with Crippen molar-refractivity contribution in [3.05, 3.63) is 184 Å². The summed E-state index contributed by atoms with van der Waals surface area (Å²) in [6.07, 6.45) is 3.83. The predicted octanol–water partition coefficient (Wildman–Crippen LogP) is 9.49. The number of hydrogen-bond donors (Lipinski definition) is 2. The van der Waals surface area contributed by atoms with E-state index in [4.69, 9.17) is 11.5 Å². The molecule has 0 saturated heterocycles. The Morgan fingerprint density at radius 1 is 0.565 bits per heavy atom. The SMILES string of the molecule is Cc1ccc(-c2ccc(/C(N)=C/C=C(\N)c3ccc4c(c3)C3(c5ccccc5S4)c4ccccc4-c4ccccc43)cc2)c(C)n1. The van der Waals surface area contributed by atoms with E-state index in [1.54, 1.807) is 0 Å². The number of rotatable bonds is 4. The molecule has 222 valence electrons. The Kier molecular flexibility index (Phi) is 6.70. The monoisotopic (exact) mass is 611 g/mol.